The largest absolute Gasteiger partial charge is 0.345 e. The van der Waals surface area contributed by atoms with Crippen molar-refractivity contribution in [3.63, 3.8) is 0 Å². The fourth-order valence-electron chi connectivity index (χ4n) is 2.91. The topological polar surface area (TPSA) is 79.6 Å². The van der Waals surface area contributed by atoms with E-state index >= 15 is 0 Å². The van der Waals surface area contributed by atoms with E-state index in [9.17, 15) is 14.9 Å². The lowest BCUT2D eigenvalue weighted by Crippen LogP contribution is -2.48. The molecule has 2 aromatic heterocycles. The van der Waals surface area contributed by atoms with Crippen molar-refractivity contribution in [1.29, 1.82) is 0 Å². The summed E-state index contributed by atoms with van der Waals surface area (Å²) in [5.74, 6) is 0.0166. The van der Waals surface area contributed by atoms with Crippen LogP contribution in [0.2, 0.25) is 0 Å². The first kappa shape index (κ1) is 17.6. The van der Waals surface area contributed by atoms with Crippen molar-refractivity contribution in [2.45, 2.75) is 0 Å². The second-order valence-corrected chi connectivity index (χ2v) is 8.06. The molecule has 0 radical (unpaired) electrons. The maximum atomic E-state index is 12.3. The molecule has 3 aromatic rings. The van der Waals surface area contributed by atoms with Gasteiger partial charge in [-0.25, -0.2) is 4.98 Å². The zero-order valence-corrected chi connectivity index (χ0v) is 15.9. The zero-order valence-electron chi connectivity index (χ0n) is 14.3. The number of rotatable bonds is 4. The molecule has 27 heavy (non-hydrogen) atoms. The fraction of sp³-hybridized carbons (Fsp3) is 0.222. The molecule has 1 aromatic carbocycles. The Balaban J connectivity index is 1.40. The Morgan fingerprint density at radius 1 is 1.22 bits per heavy atom. The van der Waals surface area contributed by atoms with E-state index in [0.717, 1.165) is 20.2 Å². The van der Waals surface area contributed by atoms with Crippen molar-refractivity contribution in [1.82, 2.24) is 9.88 Å². The lowest BCUT2D eigenvalue weighted by atomic mass is 10.3. The second-order valence-electron chi connectivity index (χ2n) is 6.07. The van der Waals surface area contributed by atoms with Gasteiger partial charge >= 0.3 is 0 Å². The first-order valence-electron chi connectivity index (χ1n) is 8.40. The number of carbonyl (C=O) groups is 1. The molecule has 0 bridgehead atoms. The number of amides is 1. The highest BCUT2D eigenvalue weighted by molar-refractivity contribution is 7.22. The van der Waals surface area contributed by atoms with Gasteiger partial charge in [-0.2, -0.15) is 0 Å². The highest BCUT2D eigenvalue weighted by atomic mass is 32.1. The molecule has 1 fully saturated rings. The normalized spacial score (nSPS) is 15.0. The van der Waals surface area contributed by atoms with E-state index in [2.05, 4.69) is 9.88 Å². The molecular weight excluding hydrogens is 384 g/mol. The minimum Gasteiger partial charge on any atom is -0.345 e. The van der Waals surface area contributed by atoms with Gasteiger partial charge in [0.15, 0.2) is 5.13 Å². The number of hydrogen-bond donors (Lipinski definition) is 0. The summed E-state index contributed by atoms with van der Waals surface area (Å²) in [7, 11) is 0. The van der Waals surface area contributed by atoms with Gasteiger partial charge in [0.25, 0.3) is 5.69 Å². The highest BCUT2D eigenvalue weighted by Crippen LogP contribution is 2.31. The summed E-state index contributed by atoms with van der Waals surface area (Å²) >= 11 is 3.05. The van der Waals surface area contributed by atoms with Crippen LogP contribution < -0.4 is 4.90 Å². The smallest absolute Gasteiger partial charge is 0.270 e. The lowest BCUT2D eigenvalue weighted by molar-refractivity contribution is -0.384. The molecule has 0 spiro atoms. The monoisotopic (exact) mass is 400 g/mol. The number of fused-ring (bicyclic) bond motifs is 1. The summed E-state index contributed by atoms with van der Waals surface area (Å²) in [6, 6.07) is 8.65. The summed E-state index contributed by atoms with van der Waals surface area (Å²) in [6.07, 6.45) is 3.47. The van der Waals surface area contributed by atoms with Crippen molar-refractivity contribution in [3.8, 4) is 0 Å². The summed E-state index contributed by atoms with van der Waals surface area (Å²) in [4.78, 5) is 32.5. The Labute approximate surface area is 163 Å². The second kappa shape index (κ2) is 7.45. The van der Waals surface area contributed by atoms with Gasteiger partial charge in [-0.15, -0.1) is 11.3 Å². The third kappa shape index (κ3) is 3.83. The van der Waals surface area contributed by atoms with Crippen LogP contribution in [0, 0.1) is 10.1 Å². The van der Waals surface area contributed by atoms with Crippen LogP contribution in [0.3, 0.4) is 0 Å². The third-order valence-electron chi connectivity index (χ3n) is 4.37. The van der Waals surface area contributed by atoms with Crippen LogP contribution in [-0.2, 0) is 4.79 Å². The number of nitrogens with zero attached hydrogens (tertiary/aromatic N) is 4. The molecule has 7 nitrogen and oxygen atoms in total. The maximum Gasteiger partial charge on any atom is 0.270 e. The van der Waals surface area contributed by atoms with Crippen molar-refractivity contribution < 1.29 is 9.72 Å². The van der Waals surface area contributed by atoms with Gasteiger partial charge in [-0.3, -0.25) is 14.9 Å². The van der Waals surface area contributed by atoms with Crippen molar-refractivity contribution in [3.05, 3.63) is 56.8 Å². The number of carbonyl (C=O) groups excluding carboxylic acids is 1. The fourth-order valence-corrected chi connectivity index (χ4v) is 4.58. The number of anilines is 1. The van der Waals surface area contributed by atoms with Crippen LogP contribution in [0.25, 0.3) is 16.3 Å². The molecule has 0 N–H and O–H groups in total. The quantitative estimate of drug-likeness (QED) is 0.380. The van der Waals surface area contributed by atoms with E-state index in [4.69, 9.17) is 0 Å². The highest BCUT2D eigenvalue weighted by Gasteiger charge is 2.22. The van der Waals surface area contributed by atoms with Crippen LogP contribution in [0.15, 0.2) is 41.8 Å². The third-order valence-corrected chi connectivity index (χ3v) is 6.28. The summed E-state index contributed by atoms with van der Waals surface area (Å²) in [6.45, 7) is 2.65. The van der Waals surface area contributed by atoms with E-state index in [1.807, 2.05) is 28.5 Å². The Morgan fingerprint density at radius 3 is 2.74 bits per heavy atom. The number of hydrogen-bond acceptors (Lipinski definition) is 7. The molecule has 1 aliphatic heterocycles. The molecule has 0 saturated carbocycles. The van der Waals surface area contributed by atoms with Gasteiger partial charge in [-0.05, 0) is 23.6 Å². The van der Waals surface area contributed by atoms with Crippen LogP contribution in [0.4, 0.5) is 10.8 Å². The lowest BCUT2D eigenvalue weighted by Gasteiger charge is -2.34. The molecule has 1 saturated heterocycles. The molecular formula is C18H16N4O3S2. The number of nitro groups is 1. The van der Waals surface area contributed by atoms with Crippen LogP contribution in [0.1, 0.15) is 4.88 Å². The predicted octanol–water partition coefficient (Wildman–Crippen LogP) is 3.63. The molecule has 1 aliphatic rings. The number of thiophene rings is 1. The van der Waals surface area contributed by atoms with E-state index in [0.29, 0.717) is 26.2 Å². The first-order valence-corrected chi connectivity index (χ1v) is 10.1. The Kier molecular flexibility index (Phi) is 4.87. The van der Waals surface area contributed by atoms with E-state index in [-0.39, 0.29) is 11.6 Å². The standard InChI is InChI=1S/C18H16N4O3S2/c23-17(6-4-14-2-1-11-26-14)20-7-9-21(10-8-20)18-19-15-5-3-13(22(24)25)12-16(15)27-18/h1-6,11-12H,7-10H2/b6-4+. The van der Waals surface area contributed by atoms with Gasteiger partial charge in [0.05, 0.1) is 15.1 Å². The van der Waals surface area contributed by atoms with Gasteiger partial charge in [0.1, 0.15) is 0 Å². The number of nitro benzene ring substituents is 1. The van der Waals surface area contributed by atoms with Gasteiger partial charge in [-0.1, -0.05) is 17.4 Å². The molecule has 3 heterocycles. The summed E-state index contributed by atoms with van der Waals surface area (Å²) < 4.78 is 0.802. The minimum absolute atomic E-state index is 0.0166. The number of benzene rings is 1. The van der Waals surface area contributed by atoms with Crippen LogP contribution in [-0.4, -0.2) is 46.9 Å². The average Bonchev–Trinajstić information content (AvgIpc) is 3.35. The van der Waals surface area contributed by atoms with Crippen molar-refractivity contribution >= 4 is 55.7 Å². The van der Waals surface area contributed by atoms with Gasteiger partial charge in [0, 0.05) is 49.3 Å². The maximum absolute atomic E-state index is 12.3. The van der Waals surface area contributed by atoms with Crippen molar-refractivity contribution in [2.24, 2.45) is 0 Å². The number of non-ortho nitro benzene ring substituents is 1. The molecule has 0 atom stereocenters. The van der Waals surface area contributed by atoms with E-state index in [1.54, 1.807) is 29.5 Å². The molecule has 0 aliphatic carbocycles. The number of piperazine rings is 1. The molecule has 0 unspecified atom stereocenters. The van der Waals surface area contributed by atoms with Crippen LogP contribution >= 0.6 is 22.7 Å². The average molecular weight is 400 g/mol. The molecule has 9 heteroatoms. The van der Waals surface area contributed by atoms with E-state index < -0.39 is 4.92 Å². The zero-order chi connectivity index (χ0) is 18.8. The predicted molar refractivity (Wildman–Crippen MR) is 108 cm³/mol. The Hall–Kier alpha value is -2.78. The Morgan fingerprint density at radius 2 is 2.04 bits per heavy atom. The van der Waals surface area contributed by atoms with Gasteiger partial charge < -0.3 is 9.80 Å². The van der Waals surface area contributed by atoms with Crippen molar-refractivity contribution in [2.75, 3.05) is 31.1 Å². The minimum atomic E-state index is -0.396. The molecule has 138 valence electrons. The first-order chi connectivity index (χ1) is 13.1. The summed E-state index contributed by atoms with van der Waals surface area (Å²) in [5, 5.41) is 13.7. The van der Waals surface area contributed by atoms with Crippen LogP contribution in [0.5, 0.6) is 0 Å². The van der Waals surface area contributed by atoms with E-state index in [1.165, 1.54) is 17.4 Å². The number of aromatic nitrogens is 1. The summed E-state index contributed by atoms with van der Waals surface area (Å²) in [5.41, 5.74) is 0.837. The number of thiazole rings is 1. The molecule has 1 amide bonds. The van der Waals surface area contributed by atoms with Gasteiger partial charge in [0.2, 0.25) is 5.91 Å². The molecule has 4 rings (SSSR count). The Bertz CT molecular complexity index is 1000. The SMILES string of the molecule is O=C(/C=C/c1cccs1)N1CCN(c2nc3ccc([N+](=O)[O-])cc3s2)CC1.